The Morgan fingerprint density at radius 1 is 1.34 bits per heavy atom. The lowest BCUT2D eigenvalue weighted by atomic mass is 9.71. The minimum Gasteiger partial charge on any atom is -0.481 e. The maximum absolute atomic E-state index is 14.6. The number of aryl methyl sites for hydroxylation is 2. The molecule has 4 rings (SSSR count). The van der Waals surface area contributed by atoms with Gasteiger partial charge in [-0.1, -0.05) is 44.5 Å². The molecule has 3 aliphatic heterocycles. The summed E-state index contributed by atoms with van der Waals surface area (Å²) in [6, 6.07) is 4.46. The molecule has 7 nitrogen and oxygen atoms in total. The van der Waals surface area contributed by atoms with Crippen molar-refractivity contribution in [2.45, 2.75) is 69.0 Å². The number of aliphatic carboxylic acids is 1. The molecular formula is C27H36N2O5S. The van der Waals surface area contributed by atoms with Crippen LogP contribution in [0.25, 0.3) is 0 Å². The second-order valence-corrected chi connectivity index (χ2v) is 11.9. The van der Waals surface area contributed by atoms with Crippen molar-refractivity contribution in [3.8, 4) is 0 Å². The van der Waals surface area contributed by atoms with Gasteiger partial charge in [-0.05, 0) is 43.7 Å². The molecule has 1 spiro atoms. The predicted octanol–water partition coefficient (Wildman–Crippen LogP) is 3.41. The summed E-state index contributed by atoms with van der Waals surface area (Å²) in [5.41, 5.74) is 2.68. The molecule has 3 aliphatic rings. The van der Waals surface area contributed by atoms with Crippen molar-refractivity contribution >= 4 is 35.2 Å². The summed E-state index contributed by atoms with van der Waals surface area (Å²) >= 11 is 1.52. The van der Waals surface area contributed by atoms with Crippen LogP contribution in [0, 0.1) is 31.6 Å². The Morgan fingerprint density at radius 2 is 2.00 bits per heavy atom. The minimum atomic E-state index is -0.975. The van der Waals surface area contributed by atoms with Gasteiger partial charge in [-0.3, -0.25) is 14.4 Å². The third-order valence-electron chi connectivity index (χ3n) is 8.39. The standard InChI is InChI=1S/C27H36N2O5S/c1-6-13-28(22-16(4)9-8-10-17(22)5)25(32)23-27-12-11-19(35-27)20(26(33)34)21(27)24(31)29(23)18(14-30)15(3)7-2/h6,8-10,15,18-21,23,30H,1,7,11-14H2,2-5H3,(H,33,34)/t15-,18-,19-,20+,21-,23?,27?/m0/s1. The molecule has 0 saturated carbocycles. The van der Waals surface area contributed by atoms with Gasteiger partial charge in [0, 0.05) is 17.5 Å². The number of anilines is 1. The maximum Gasteiger partial charge on any atom is 0.308 e. The summed E-state index contributed by atoms with van der Waals surface area (Å²) in [6.07, 6.45) is 3.68. The molecule has 1 aromatic rings. The van der Waals surface area contributed by atoms with Crippen LogP contribution in [0.2, 0.25) is 0 Å². The average Bonchev–Trinajstić information content (AvgIpc) is 3.46. The van der Waals surface area contributed by atoms with Crippen molar-refractivity contribution in [2.75, 3.05) is 18.1 Å². The van der Waals surface area contributed by atoms with Crippen LogP contribution >= 0.6 is 11.8 Å². The van der Waals surface area contributed by atoms with Crippen molar-refractivity contribution < 1.29 is 24.6 Å². The fourth-order valence-corrected chi connectivity index (χ4v) is 8.82. The van der Waals surface area contributed by atoms with Crippen LogP contribution in [0.5, 0.6) is 0 Å². The smallest absolute Gasteiger partial charge is 0.308 e. The number of carboxylic acid groups (broad SMARTS) is 1. The Balaban J connectivity index is 1.88. The van der Waals surface area contributed by atoms with Gasteiger partial charge in [0.25, 0.3) is 5.91 Å². The Labute approximate surface area is 211 Å². The van der Waals surface area contributed by atoms with Gasteiger partial charge in [0.15, 0.2) is 0 Å². The lowest BCUT2D eigenvalue weighted by Gasteiger charge is -2.41. The molecular weight excluding hydrogens is 464 g/mol. The normalized spacial score (nSPS) is 30.8. The lowest BCUT2D eigenvalue weighted by molar-refractivity contribution is -0.149. The fourth-order valence-electron chi connectivity index (χ4n) is 6.62. The van der Waals surface area contributed by atoms with E-state index in [1.54, 1.807) is 15.9 Å². The number of carbonyl (C=O) groups is 3. The Kier molecular flexibility index (Phi) is 7.08. The van der Waals surface area contributed by atoms with E-state index in [4.69, 9.17) is 0 Å². The first-order valence-electron chi connectivity index (χ1n) is 12.5. The predicted molar refractivity (Wildman–Crippen MR) is 137 cm³/mol. The number of aliphatic hydroxyl groups excluding tert-OH is 1. The molecule has 2 unspecified atom stereocenters. The van der Waals surface area contributed by atoms with Crippen LogP contribution in [0.4, 0.5) is 5.69 Å². The van der Waals surface area contributed by atoms with Gasteiger partial charge in [0.2, 0.25) is 5.91 Å². The Bertz CT molecular complexity index is 1020. The Hall–Kier alpha value is -2.32. The summed E-state index contributed by atoms with van der Waals surface area (Å²) < 4.78 is -0.807. The highest BCUT2D eigenvalue weighted by atomic mass is 32.2. The molecule has 35 heavy (non-hydrogen) atoms. The van der Waals surface area contributed by atoms with Crippen molar-refractivity contribution in [2.24, 2.45) is 17.8 Å². The van der Waals surface area contributed by atoms with Gasteiger partial charge in [0.1, 0.15) is 6.04 Å². The number of aliphatic hydroxyl groups is 1. The number of hydrogen-bond acceptors (Lipinski definition) is 5. The van der Waals surface area contributed by atoms with E-state index in [0.717, 1.165) is 23.2 Å². The molecule has 1 aromatic carbocycles. The van der Waals surface area contributed by atoms with Gasteiger partial charge >= 0.3 is 5.97 Å². The number of rotatable bonds is 9. The van der Waals surface area contributed by atoms with Crippen LogP contribution in [-0.2, 0) is 14.4 Å². The van der Waals surface area contributed by atoms with E-state index in [9.17, 15) is 24.6 Å². The highest BCUT2D eigenvalue weighted by Gasteiger charge is 2.74. The molecule has 2 bridgehead atoms. The molecule has 7 atom stereocenters. The summed E-state index contributed by atoms with van der Waals surface area (Å²) in [5.74, 6) is -3.13. The van der Waals surface area contributed by atoms with Gasteiger partial charge in [-0.15, -0.1) is 18.3 Å². The van der Waals surface area contributed by atoms with Crippen molar-refractivity contribution in [1.82, 2.24) is 4.90 Å². The number of benzene rings is 1. The second kappa shape index (κ2) is 9.62. The highest BCUT2D eigenvalue weighted by Crippen LogP contribution is 2.67. The van der Waals surface area contributed by atoms with Crippen LogP contribution in [-0.4, -0.2) is 68.1 Å². The number of hydrogen-bond donors (Lipinski definition) is 2. The third-order valence-corrected chi connectivity index (χ3v) is 10.3. The number of carbonyl (C=O) groups excluding carboxylic acids is 2. The SMILES string of the molecule is C=CCN(C(=O)C1N([C@@H](CO)[C@@H](C)CC)C(=O)[C@@H]2[C@H](C(=O)O)[C@@H]3CCC12S3)c1c(C)cccc1C. The highest BCUT2D eigenvalue weighted by molar-refractivity contribution is 8.02. The first kappa shape index (κ1) is 25.8. The van der Waals surface area contributed by atoms with Crippen LogP contribution < -0.4 is 4.90 Å². The monoisotopic (exact) mass is 500 g/mol. The molecule has 3 saturated heterocycles. The van der Waals surface area contributed by atoms with Gasteiger partial charge in [-0.25, -0.2) is 0 Å². The summed E-state index contributed by atoms with van der Waals surface area (Å²) in [4.78, 5) is 44.2. The van der Waals surface area contributed by atoms with Crippen molar-refractivity contribution in [1.29, 1.82) is 0 Å². The molecule has 8 heteroatoms. The molecule has 3 heterocycles. The maximum atomic E-state index is 14.6. The lowest BCUT2D eigenvalue weighted by Crippen LogP contribution is -2.59. The second-order valence-electron chi connectivity index (χ2n) is 10.3. The van der Waals surface area contributed by atoms with E-state index in [1.807, 2.05) is 45.9 Å². The van der Waals surface area contributed by atoms with Gasteiger partial charge < -0.3 is 20.0 Å². The summed E-state index contributed by atoms with van der Waals surface area (Å²) in [6.45, 7) is 11.7. The molecule has 0 aromatic heterocycles. The number of nitrogens with zero attached hydrogens (tertiary/aromatic N) is 2. The van der Waals surface area contributed by atoms with E-state index in [0.29, 0.717) is 12.8 Å². The number of para-hydroxylation sites is 1. The number of fused-ring (bicyclic) bond motifs is 1. The first-order valence-corrected chi connectivity index (χ1v) is 13.3. The van der Waals surface area contributed by atoms with Crippen molar-refractivity contribution in [3.63, 3.8) is 0 Å². The van der Waals surface area contributed by atoms with E-state index in [-0.39, 0.29) is 36.1 Å². The molecule has 3 fully saturated rings. The van der Waals surface area contributed by atoms with E-state index in [2.05, 4.69) is 6.58 Å². The molecule has 2 amide bonds. The van der Waals surface area contributed by atoms with Gasteiger partial charge in [-0.2, -0.15) is 0 Å². The number of likely N-dealkylation sites (tertiary alicyclic amines) is 1. The first-order chi connectivity index (χ1) is 16.6. The molecule has 0 radical (unpaired) electrons. The minimum absolute atomic E-state index is 0.0481. The molecule has 190 valence electrons. The quantitative estimate of drug-likeness (QED) is 0.505. The largest absolute Gasteiger partial charge is 0.481 e. The number of amides is 2. The van der Waals surface area contributed by atoms with Crippen LogP contribution in [0.3, 0.4) is 0 Å². The zero-order valence-electron chi connectivity index (χ0n) is 20.9. The van der Waals surface area contributed by atoms with Crippen LogP contribution in [0.1, 0.15) is 44.2 Å². The van der Waals surface area contributed by atoms with E-state index < -0.39 is 34.6 Å². The average molecular weight is 501 g/mol. The zero-order chi connectivity index (χ0) is 25.7. The van der Waals surface area contributed by atoms with E-state index >= 15 is 0 Å². The van der Waals surface area contributed by atoms with Crippen molar-refractivity contribution in [3.05, 3.63) is 42.0 Å². The number of thioether (sulfide) groups is 1. The Morgan fingerprint density at radius 3 is 2.54 bits per heavy atom. The number of carboxylic acids is 1. The van der Waals surface area contributed by atoms with Crippen LogP contribution in [0.15, 0.2) is 30.9 Å². The summed E-state index contributed by atoms with van der Waals surface area (Å²) in [5, 5.41) is 20.3. The third kappa shape index (κ3) is 3.80. The molecule has 0 aliphatic carbocycles. The van der Waals surface area contributed by atoms with E-state index in [1.165, 1.54) is 11.8 Å². The fraction of sp³-hybridized carbons (Fsp3) is 0.593. The molecule has 2 N–H and O–H groups in total. The van der Waals surface area contributed by atoms with Gasteiger partial charge in [0.05, 0.1) is 29.2 Å². The zero-order valence-corrected chi connectivity index (χ0v) is 21.8. The summed E-state index contributed by atoms with van der Waals surface area (Å²) in [7, 11) is 0. The topological polar surface area (TPSA) is 98.2 Å².